The van der Waals surface area contributed by atoms with Crippen LogP contribution in [-0.4, -0.2) is 38.8 Å². The fourth-order valence-corrected chi connectivity index (χ4v) is 3.68. The number of hydrogen-bond donors (Lipinski definition) is 2. The van der Waals surface area contributed by atoms with Crippen molar-refractivity contribution >= 4 is 15.7 Å². The van der Waals surface area contributed by atoms with Crippen LogP contribution in [0, 0.1) is 11.3 Å². The molecule has 124 valence electrons. The largest absolute Gasteiger partial charge is 0.389 e. The normalized spacial score (nSPS) is 15.5. The summed E-state index contributed by atoms with van der Waals surface area (Å²) in [6.45, 7) is 4.27. The molecule has 1 aliphatic rings. The monoisotopic (exact) mass is 335 g/mol. The first-order valence-corrected chi connectivity index (χ1v) is 8.87. The van der Waals surface area contributed by atoms with Crippen molar-refractivity contribution in [3.63, 3.8) is 0 Å². The predicted octanol–water partition coefficient (Wildman–Crippen LogP) is 1.37. The number of anilines is 1. The first-order chi connectivity index (χ1) is 10.7. The van der Waals surface area contributed by atoms with Gasteiger partial charge in [0.1, 0.15) is 4.90 Å². The Kier molecular flexibility index (Phi) is 5.09. The highest BCUT2D eigenvalue weighted by atomic mass is 32.2. The summed E-state index contributed by atoms with van der Waals surface area (Å²) in [5, 5.41) is 18.8. The molecule has 7 heteroatoms. The van der Waals surface area contributed by atoms with E-state index in [1.165, 1.54) is 26.0 Å². The average molecular weight is 335 g/mol. The Morgan fingerprint density at radius 3 is 2.70 bits per heavy atom. The third-order valence-electron chi connectivity index (χ3n) is 3.47. The maximum Gasteiger partial charge on any atom is 0.242 e. The van der Waals surface area contributed by atoms with Gasteiger partial charge in [0.25, 0.3) is 0 Å². The quantitative estimate of drug-likeness (QED) is 0.793. The Balaban J connectivity index is 2.41. The molecule has 2 N–H and O–H groups in total. The highest BCUT2D eigenvalue weighted by Gasteiger charge is 2.25. The summed E-state index contributed by atoms with van der Waals surface area (Å²) in [6.07, 6.45) is 4.85. The maximum absolute atomic E-state index is 12.6. The number of aliphatic hydroxyl groups is 1. The van der Waals surface area contributed by atoms with Gasteiger partial charge in [-0.3, -0.25) is 0 Å². The SMILES string of the molecule is CC(C)(O)CNS(=O)(=O)c1ccc(C#N)cc1N1CC=CCC1. The molecule has 1 aliphatic heterocycles. The Labute approximate surface area is 137 Å². The van der Waals surface area contributed by atoms with Crippen molar-refractivity contribution in [2.24, 2.45) is 0 Å². The predicted molar refractivity (Wildman–Crippen MR) is 88.6 cm³/mol. The minimum Gasteiger partial charge on any atom is -0.389 e. The van der Waals surface area contributed by atoms with Crippen molar-refractivity contribution in [1.82, 2.24) is 4.72 Å². The van der Waals surface area contributed by atoms with Crippen molar-refractivity contribution in [2.45, 2.75) is 30.8 Å². The summed E-state index contributed by atoms with van der Waals surface area (Å²) >= 11 is 0. The van der Waals surface area contributed by atoms with Crippen LogP contribution in [0.2, 0.25) is 0 Å². The van der Waals surface area contributed by atoms with Crippen molar-refractivity contribution in [3.8, 4) is 6.07 Å². The van der Waals surface area contributed by atoms with Gasteiger partial charge in [0, 0.05) is 19.6 Å². The van der Waals surface area contributed by atoms with E-state index in [4.69, 9.17) is 5.26 Å². The molecule has 0 aromatic heterocycles. The van der Waals surface area contributed by atoms with Gasteiger partial charge in [-0.2, -0.15) is 5.26 Å². The summed E-state index contributed by atoms with van der Waals surface area (Å²) in [7, 11) is -3.78. The second-order valence-corrected chi connectivity index (χ2v) is 7.87. The van der Waals surface area contributed by atoms with E-state index in [-0.39, 0.29) is 11.4 Å². The van der Waals surface area contributed by atoms with Crippen molar-refractivity contribution in [3.05, 3.63) is 35.9 Å². The first-order valence-electron chi connectivity index (χ1n) is 7.39. The fraction of sp³-hybridized carbons (Fsp3) is 0.438. The van der Waals surface area contributed by atoms with Crippen molar-refractivity contribution in [2.75, 3.05) is 24.5 Å². The van der Waals surface area contributed by atoms with E-state index >= 15 is 0 Å². The Bertz CT molecular complexity index is 743. The number of nitrogens with zero attached hydrogens (tertiary/aromatic N) is 2. The van der Waals surface area contributed by atoms with Crippen LogP contribution in [0.4, 0.5) is 5.69 Å². The van der Waals surface area contributed by atoms with Crippen LogP contribution >= 0.6 is 0 Å². The molecule has 0 spiro atoms. The molecule has 0 saturated carbocycles. The molecule has 1 aromatic carbocycles. The minimum absolute atomic E-state index is 0.0886. The van der Waals surface area contributed by atoms with Crippen LogP contribution in [-0.2, 0) is 10.0 Å². The van der Waals surface area contributed by atoms with Crippen LogP contribution in [0.5, 0.6) is 0 Å². The van der Waals surface area contributed by atoms with E-state index in [1.54, 1.807) is 6.07 Å². The molecule has 6 nitrogen and oxygen atoms in total. The second-order valence-electron chi connectivity index (χ2n) is 6.14. The summed E-state index contributed by atoms with van der Waals surface area (Å²) in [5.41, 5.74) is -0.221. The molecule has 0 unspecified atom stereocenters. The van der Waals surface area contributed by atoms with Gasteiger partial charge in [0.05, 0.1) is 22.9 Å². The smallest absolute Gasteiger partial charge is 0.242 e. The Morgan fingerprint density at radius 1 is 1.39 bits per heavy atom. The lowest BCUT2D eigenvalue weighted by Crippen LogP contribution is -2.39. The molecule has 0 radical (unpaired) electrons. The number of rotatable bonds is 5. The molecule has 0 atom stereocenters. The highest BCUT2D eigenvalue weighted by Crippen LogP contribution is 2.28. The van der Waals surface area contributed by atoms with Crippen molar-refractivity contribution < 1.29 is 13.5 Å². The third-order valence-corrected chi connectivity index (χ3v) is 4.92. The summed E-state index contributed by atoms with van der Waals surface area (Å²) in [5.74, 6) is 0. The Hall–Kier alpha value is -1.88. The van der Waals surface area contributed by atoms with Crippen molar-refractivity contribution in [1.29, 1.82) is 5.26 Å². The third kappa shape index (κ3) is 4.55. The molecule has 0 fully saturated rings. The van der Waals surface area contributed by atoms with E-state index in [2.05, 4.69) is 4.72 Å². The lowest BCUT2D eigenvalue weighted by atomic mass is 10.1. The molecular formula is C16H21N3O3S. The van der Waals surface area contributed by atoms with Gasteiger partial charge >= 0.3 is 0 Å². The molecule has 1 heterocycles. The molecule has 0 aliphatic carbocycles. The van der Waals surface area contributed by atoms with Gasteiger partial charge in [-0.05, 0) is 38.5 Å². The molecule has 2 rings (SSSR count). The summed E-state index contributed by atoms with van der Waals surface area (Å²) in [6, 6.07) is 6.57. The van der Waals surface area contributed by atoms with Crippen LogP contribution in [0.15, 0.2) is 35.2 Å². The zero-order valence-corrected chi connectivity index (χ0v) is 14.1. The number of nitriles is 1. The van der Waals surface area contributed by atoms with E-state index in [0.29, 0.717) is 24.3 Å². The van der Waals surface area contributed by atoms with Gasteiger partial charge in [-0.15, -0.1) is 0 Å². The first kappa shape index (κ1) is 17.5. The van der Waals surface area contributed by atoms with Gasteiger partial charge in [0.15, 0.2) is 0 Å². The minimum atomic E-state index is -3.78. The molecule has 0 saturated heterocycles. The topological polar surface area (TPSA) is 93.4 Å². The summed E-state index contributed by atoms with van der Waals surface area (Å²) < 4.78 is 27.6. The van der Waals surface area contributed by atoms with Gasteiger partial charge < -0.3 is 10.0 Å². The molecule has 0 bridgehead atoms. The van der Waals surface area contributed by atoms with Gasteiger partial charge in [0.2, 0.25) is 10.0 Å². The van der Waals surface area contributed by atoms with Crippen LogP contribution < -0.4 is 9.62 Å². The standard InChI is InChI=1S/C16H21N3O3S/c1-16(2,20)12-18-23(21,22)15-7-6-13(11-17)10-14(15)19-8-4-3-5-9-19/h3-4,6-7,10,18,20H,5,8-9,12H2,1-2H3. The van der Waals surface area contributed by atoms with E-state index in [0.717, 1.165) is 6.42 Å². The van der Waals surface area contributed by atoms with Crippen LogP contribution in [0.1, 0.15) is 25.8 Å². The van der Waals surface area contributed by atoms with E-state index < -0.39 is 15.6 Å². The molecule has 23 heavy (non-hydrogen) atoms. The number of sulfonamides is 1. The van der Waals surface area contributed by atoms with E-state index in [9.17, 15) is 13.5 Å². The van der Waals surface area contributed by atoms with E-state index in [1.807, 2.05) is 23.1 Å². The molecule has 0 amide bonds. The zero-order chi connectivity index (χ0) is 17.1. The van der Waals surface area contributed by atoms with Crippen LogP contribution in [0.3, 0.4) is 0 Å². The average Bonchev–Trinajstić information content (AvgIpc) is 2.53. The highest BCUT2D eigenvalue weighted by molar-refractivity contribution is 7.89. The van der Waals surface area contributed by atoms with Gasteiger partial charge in [-0.1, -0.05) is 12.2 Å². The number of nitrogens with one attached hydrogen (secondary N) is 1. The fourth-order valence-electron chi connectivity index (χ4n) is 2.27. The second kappa shape index (κ2) is 6.71. The number of benzene rings is 1. The van der Waals surface area contributed by atoms with Gasteiger partial charge in [-0.25, -0.2) is 13.1 Å². The summed E-state index contributed by atoms with van der Waals surface area (Å²) in [4.78, 5) is 2.05. The maximum atomic E-state index is 12.6. The Morgan fingerprint density at radius 2 is 2.13 bits per heavy atom. The lowest BCUT2D eigenvalue weighted by Gasteiger charge is -2.28. The number of hydrogen-bond acceptors (Lipinski definition) is 5. The lowest BCUT2D eigenvalue weighted by molar-refractivity contribution is 0.0857. The molecule has 1 aromatic rings. The zero-order valence-electron chi connectivity index (χ0n) is 13.3. The van der Waals surface area contributed by atoms with Crippen LogP contribution in [0.25, 0.3) is 0 Å². The molecular weight excluding hydrogens is 314 g/mol.